The Bertz CT molecular complexity index is 804. The normalized spacial score (nSPS) is 23.0. The van der Waals surface area contributed by atoms with Crippen LogP contribution in [0.1, 0.15) is 35.6 Å². The van der Waals surface area contributed by atoms with Crippen molar-refractivity contribution in [2.24, 2.45) is 0 Å². The first-order valence-electron chi connectivity index (χ1n) is 8.64. The van der Waals surface area contributed by atoms with E-state index >= 15 is 0 Å². The number of nitrogens with one attached hydrogen (secondary N) is 2. The fourth-order valence-electron chi connectivity index (χ4n) is 3.77. The van der Waals surface area contributed by atoms with Crippen LogP contribution in [-0.4, -0.2) is 23.8 Å². The number of rotatable bonds is 4. The molecule has 2 aliphatic carbocycles. The van der Waals surface area contributed by atoms with E-state index in [1.165, 1.54) is 6.07 Å². The Morgan fingerprint density at radius 1 is 1.16 bits per heavy atom. The number of aliphatic hydroxyl groups is 1. The van der Waals surface area contributed by atoms with E-state index in [2.05, 4.69) is 10.6 Å². The second-order valence-electron chi connectivity index (χ2n) is 7.04. The Balaban J connectivity index is 1.40. The second kappa shape index (κ2) is 6.15. The molecule has 0 radical (unpaired) electrons. The van der Waals surface area contributed by atoms with Gasteiger partial charge in [0.25, 0.3) is 0 Å². The van der Waals surface area contributed by atoms with Crippen LogP contribution in [0.3, 0.4) is 0 Å². The number of aliphatic hydroxyl groups excluding tert-OH is 1. The fraction of sp³-hybridized carbons (Fsp3) is 0.350. The molecule has 0 aromatic heterocycles. The molecular weight excluding hydrogens is 319 g/mol. The average Bonchev–Trinajstić information content (AvgIpc) is 3.33. The van der Waals surface area contributed by atoms with E-state index in [0.717, 1.165) is 24.0 Å². The third-order valence-corrected chi connectivity index (χ3v) is 5.38. The highest BCUT2D eigenvalue weighted by atomic mass is 19.1. The molecule has 5 heteroatoms. The van der Waals surface area contributed by atoms with Gasteiger partial charge in [-0.3, -0.25) is 0 Å². The first-order valence-corrected chi connectivity index (χ1v) is 8.64. The SMILES string of the molecule is O=C(NCC1(c2ccccc2F)CC1)N[C@H]1c2ccccc2C[C@H]1O. The summed E-state index contributed by atoms with van der Waals surface area (Å²) in [5, 5.41) is 15.9. The lowest BCUT2D eigenvalue weighted by atomic mass is 9.95. The average molecular weight is 340 g/mol. The summed E-state index contributed by atoms with van der Waals surface area (Å²) >= 11 is 0. The molecule has 4 rings (SSSR count). The van der Waals surface area contributed by atoms with Crippen LogP contribution >= 0.6 is 0 Å². The molecule has 130 valence electrons. The van der Waals surface area contributed by atoms with E-state index in [1.807, 2.05) is 30.3 Å². The van der Waals surface area contributed by atoms with Crippen LogP contribution in [0.2, 0.25) is 0 Å². The van der Waals surface area contributed by atoms with E-state index in [-0.39, 0.29) is 17.3 Å². The topological polar surface area (TPSA) is 61.4 Å². The number of benzene rings is 2. The summed E-state index contributed by atoms with van der Waals surface area (Å²) in [5.74, 6) is -0.220. The lowest BCUT2D eigenvalue weighted by Crippen LogP contribution is -2.43. The molecule has 2 atom stereocenters. The Labute approximate surface area is 146 Å². The summed E-state index contributed by atoms with van der Waals surface area (Å²) in [6, 6.07) is 13.7. The van der Waals surface area contributed by atoms with Gasteiger partial charge in [0.2, 0.25) is 0 Å². The molecule has 2 aliphatic rings. The summed E-state index contributed by atoms with van der Waals surface area (Å²) in [7, 11) is 0. The van der Waals surface area contributed by atoms with Crippen molar-refractivity contribution >= 4 is 6.03 Å². The van der Waals surface area contributed by atoms with Crippen LogP contribution in [0.25, 0.3) is 0 Å². The van der Waals surface area contributed by atoms with Crippen LogP contribution in [0, 0.1) is 5.82 Å². The van der Waals surface area contributed by atoms with Crippen LogP contribution in [0.5, 0.6) is 0 Å². The van der Waals surface area contributed by atoms with Crippen LogP contribution < -0.4 is 10.6 Å². The van der Waals surface area contributed by atoms with Gasteiger partial charge < -0.3 is 15.7 Å². The zero-order valence-corrected chi connectivity index (χ0v) is 13.8. The van der Waals surface area contributed by atoms with Gasteiger partial charge in [-0.1, -0.05) is 42.5 Å². The second-order valence-corrected chi connectivity index (χ2v) is 7.04. The summed E-state index contributed by atoms with van der Waals surface area (Å²) < 4.78 is 14.0. The maximum atomic E-state index is 14.0. The highest BCUT2D eigenvalue weighted by molar-refractivity contribution is 5.75. The highest BCUT2D eigenvalue weighted by Gasteiger charge is 2.46. The minimum absolute atomic E-state index is 0.220. The molecule has 2 aromatic rings. The molecular formula is C20H21FN2O2. The van der Waals surface area contributed by atoms with Crippen LogP contribution in [0.4, 0.5) is 9.18 Å². The molecule has 4 nitrogen and oxygen atoms in total. The quantitative estimate of drug-likeness (QED) is 0.801. The van der Waals surface area contributed by atoms with Gasteiger partial charge in [0.1, 0.15) is 5.82 Å². The largest absolute Gasteiger partial charge is 0.390 e. The zero-order valence-electron chi connectivity index (χ0n) is 13.8. The van der Waals surface area contributed by atoms with Gasteiger partial charge in [-0.15, -0.1) is 0 Å². The molecule has 25 heavy (non-hydrogen) atoms. The number of hydrogen-bond donors (Lipinski definition) is 3. The van der Waals surface area contributed by atoms with E-state index in [1.54, 1.807) is 12.1 Å². The Hall–Kier alpha value is -2.40. The minimum atomic E-state index is -0.621. The van der Waals surface area contributed by atoms with Gasteiger partial charge in [-0.05, 0) is 35.6 Å². The van der Waals surface area contributed by atoms with Crippen molar-refractivity contribution in [3.63, 3.8) is 0 Å². The third kappa shape index (κ3) is 3.00. The number of amides is 2. The lowest BCUT2D eigenvalue weighted by Gasteiger charge is -2.21. The van der Waals surface area contributed by atoms with Crippen molar-refractivity contribution in [1.29, 1.82) is 0 Å². The molecule has 0 aliphatic heterocycles. The monoisotopic (exact) mass is 340 g/mol. The molecule has 1 saturated carbocycles. The van der Waals surface area contributed by atoms with Gasteiger partial charge in [-0.2, -0.15) is 0 Å². The highest BCUT2D eigenvalue weighted by Crippen LogP contribution is 2.48. The van der Waals surface area contributed by atoms with Gasteiger partial charge in [-0.25, -0.2) is 9.18 Å². The number of carbonyl (C=O) groups is 1. The number of fused-ring (bicyclic) bond motifs is 1. The van der Waals surface area contributed by atoms with Gasteiger partial charge in [0.05, 0.1) is 12.1 Å². The van der Waals surface area contributed by atoms with Crippen molar-refractivity contribution in [1.82, 2.24) is 10.6 Å². The Morgan fingerprint density at radius 3 is 2.64 bits per heavy atom. The smallest absolute Gasteiger partial charge is 0.315 e. The van der Waals surface area contributed by atoms with Crippen molar-refractivity contribution in [3.8, 4) is 0 Å². The van der Waals surface area contributed by atoms with Crippen molar-refractivity contribution in [2.45, 2.75) is 36.8 Å². The molecule has 2 amide bonds. The Morgan fingerprint density at radius 2 is 1.88 bits per heavy atom. The number of hydrogen-bond acceptors (Lipinski definition) is 2. The molecule has 2 aromatic carbocycles. The van der Waals surface area contributed by atoms with Gasteiger partial charge in [0.15, 0.2) is 0 Å². The first-order chi connectivity index (χ1) is 12.1. The Kier molecular flexibility index (Phi) is 3.96. The predicted octanol–water partition coefficient (Wildman–Crippen LogP) is 2.81. The fourth-order valence-corrected chi connectivity index (χ4v) is 3.77. The van der Waals surface area contributed by atoms with E-state index in [0.29, 0.717) is 18.5 Å². The van der Waals surface area contributed by atoms with E-state index in [9.17, 15) is 14.3 Å². The third-order valence-electron chi connectivity index (χ3n) is 5.38. The summed E-state index contributed by atoms with van der Waals surface area (Å²) in [4.78, 5) is 12.3. The molecule has 1 fully saturated rings. The van der Waals surface area contributed by atoms with Crippen LogP contribution in [0.15, 0.2) is 48.5 Å². The van der Waals surface area contributed by atoms with Gasteiger partial charge >= 0.3 is 6.03 Å². The lowest BCUT2D eigenvalue weighted by molar-refractivity contribution is 0.142. The zero-order chi connectivity index (χ0) is 17.4. The summed E-state index contributed by atoms with van der Waals surface area (Å²) in [6.45, 7) is 0.393. The maximum Gasteiger partial charge on any atom is 0.315 e. The molecule has 0 spiro atoms. The predicted molar refractivity (Wildman–Crippen MR) is 92.7 cm³/mol. The molecule has 0 saturated heterocycles. The van der Waals surface area contributed by atoms with Crippen LogP contribution in [-0.2, 0) is 11.8 Å². The summed E-state index contributed by atoms with van der Waals surface area (Å²) in [5.41, 5.74) is 2.39. The van der Waals surface area contributed by atoms with E-state index in [4.69, 9.17) is 0 Å². The van der Waals surface area contributed by atoms with Gasteiger partial charge in [0, 0.05) is 18.4 Å². The summed E-state index contributed by atoms with van der Waals surface area (Å²) in [6.07, 6.45) is 1.65. The number of carbonyl (C=O) groups excluding carboxylic acids is 1. The van der Waals surface area contributed by atoms with Crippen molar-refractivity contribution in [3.05, 3.63) is 71.0 Å². The molecule has 0 bridgehead atoms. The number of halogens is 1. The van der Waals surface area contributed by atoms with Crippen molar-refractivity contribution in [2.75, 3.05) is 6.54 Å². The minimum Gasteiger partial charge on any atom is -0.390 e. The van der Waals surface area contributed by atoms with E-state index < -0.39 is 12.1 Å². The molecule has 0 unspecified atom stereocenters. The molecule has 3 N–H and O–H groups in total. The first kappa shape index (κ1) is 16.1. The number of urea groups is 1. The standard InChI is InChI=1S/C20H21FN2O2/c21-16-8-4-3-7-15(16)20(9-10-20)12-22-19(25)23-18-14-6-2-1-5-13(14)11-17(18)24/h1-8,17-18,24H,9-12H2,(H2,22,23,25)/t17-,18+/m1/s1. The molecule has 0 heterocycles. The maximum absolute atomic E-state index is 14.0. The van der Waals surface area contributed by atoms with Crippen molar-refractivity contribution < 1.29 is 14.3 Å².